The molecule has 0 fully saturated rings. The van der Waals surface area contributed by atoms with Gasteiger partial charge in [-0.1, -0.05) is 120 Å². The first kappa shape index (κ1) is 41.1. The molecule has 0 heterocycles. The van der Waals surface area contributed by atoms with E-state index in [1.165, 1.54) is 0 Å². The second-order valence-electron chi connectivity index (χ2n) is 14.9. The Morgan fingerprint density at radius 3 is 1.70 bits per heavy atom. The van der Waals surface area contributed by atoms with E-state index in [1.807, 2.05) is 105 Å². The lowest BCUT2D eigenvalue weighted by Crippen LogP contribution is -2.46. The number of hydrogen-bond acceptors (Lipinski definition) is 7. The molecule has 0 saturated carbocycles. The highest BCUT2D eigenvalue weighted by Crippen LogP contribution is 2.44. The Labute approximate surface area is 350 Å². The van der Waals surface area contributed by atoms with Crippen LogP contribution >= 0.6 is 0 Å². The minimum absolute atomic E-state index is 0.116. The monoisotopic (exact) mass is 803 g/mol. The fourth-order valence-electron chi connectivity index (χ4n) is 7.53. The molecule has 2 atom stereocenters. The van der Waals surface area contributed by atoms with E-state index in [1.54, 1.807) is 45.4 Å². The number of nitrogens with one attached hydrogen (secondary N) is 3. The molecule has 0 saturated heterocycles. The largest absolute Gasteiger partial charge is 0.497 e. The molecule has 0 aliphatic heterocycles. The third kappa shape index (κ3) is 9.45. The maximum absolute atomic E-state index is 13.8. The Morgan fingerprint density at radius 1 is 0.600 bits per heavy atom. The van der Waals surface area contributed by atoms with Gasteiger partial charge in [-0.25, -0.2) is 4.79 Å². The van der Waals surface area contributed by atoms with E-state index < -0.39 is 24.1 Å². The first-order chi connectivity index (χ1) is 29.1. The van der Waals surface area contributed by atoms with Crippen molar-refractivity contribution in [3.05, 3.63) is 184 Å². The number of amides is 3. The molecule has 3 amide bonds. The summed E-state index contributed by atoms with van der Waals surface area (Å²) in [5, 5.41) is 8.92. The van der Waals surface area contributed by atoms with Crippen molar-refractivity contribution in [2.24, 2.45) is 0 Å². The summed E-state index contributed by atoms with van der Waals surface area (Å²) in [6.07, 6.45) is -0.701. The molecule has 1 unspecified atom stereocenters. The summed E-state index contributed by atoms with van der Waals surface area (Å²) in [6, 6.07) is 42.8. The summed E-state index contributed by atoms with van der Waals surface area (Å²) in [5.41, 5.74) is 10.00. The second-order valence-corrected chi connectivity index (χ2v) is 14.9. The molecular weight excluding hydrogens is 755 g/mol. The summed E-state index contributed by atoms with van der Waals surface area (Å²) in [4.78, 5) is 40.2. The number of rotatable bonds is 15. The van der Waals surface area contributed by atoms with Gasteiger partial charge in [-0.05, 0) is 84.0 Å². The fourth-order valence-corrected chi connectivity index (χ4v) is 7.53. The highest BCUT2D eigenvalue weighted by molar-refractivity contribution is 5.86. The van der Waals surface area contributed by atoms with E-state index >= 15 is 0 Å². The highest BCUT2D eigenvalue weighted by Gasteiger charge is 2.30. The Balaban J connectivity index is 1.02. The zero-order chi connectivity index (χ0) is 42.2. The van der Waals surface area contributed by atoms with Crippen LogP contribution in [0.4, 0.5) is 4.79 Å². The van der Waals surface area contributed by atoms with E-state index in [-0.39, 0.29) is 31.1 Å². The van der Waals surface area contributed by atoms with Crippen molar-refractivity contribution >= 4 is 17.9 Å². The average Bonchev–Trinajstić information content (AvgIpc) is 3.60. The summed E-state index contributed by atoms with van der Waals surface area (Å²) in [6.45, 7) is 5.57. The molecular formula is C50H49N3O7. The van der Waals surface area contributed by atoms with Gasteiger partial charge in [-0.2, -0.15) is 0 Å². The predicted octanol–water partition coefficient (Wildman–Crippen LogP) is 8.74. The molecule has 0 aromatic heterocycles. The molecule has 306 valence electrons. The van der Waals surface area contributed by atoms with Gasteiger partial charge in [0.05, 0.1) is 26.3 Å². The minimum Gasteiger partial charge on any atom is -0.497 e. The van der Waals surface area contributed by atoms with Crippen molar-refractivity contribution in [2.45, 2.75) is 44.8 Å². The van der Waals surface area contributed by atoms with Crippen LogP contribution in [0.3, 0.4) is 0 Å². The van der Waals surface area contributed by atoms with Crippen LogP contribution in [0.1, 0.15) is 69.4 Å². The Kier molecular flexibility index (Phi) is 12.8. The number of benzene rings is 6. The van der Waals surface area contributed by atoms with Crippen molar-refractivity contribution in [3.63, 3.8) is 0 Å². The van der Waals surface area contributed by atoms with E-state index in [9.17, 15) is 14.4 Å². The molecule has 3 N–H and O–H groups in total. The van der Waals surface area contributed by atoms with Crippen LogP contribution in [0, 0.1) is 13.8 Å². The molecule has 0 spiro atoms. The first-order valence-electron chi connectivity index (χ1n) is 19.9. The molecule has 1 aliphatic rings. The average molecular weight is 804 g/mol. The standard InChI is InChI=1S/C50H49N3O7/c1-31-14-18-34(19-15-31)47(35-20-16-32(2)17-21-35)52-46(54)30-59-37-24-22-36(23-25-37)48(43-27-26-38(57-4)28-45(43)58-5)53-49(55)33(3)51-50(56)60-29-44-41-12-8-6-10-39(41)40-11-7-9-13-42(40)44/h6-28,33,44,47-48H,29-30H2,1-5H3,(H,51,56)(H,52,54)(H,53,55)/t33-,48?/m1/s1. The normalized spacial score (nSPS) is 12.7. The van der Waals surface area contributed by atoms with Crippen molar-refractivity contribution in [3.8, 4) is 28.4 Å². The number of carbonyl (C=O) groups excluding carboxylic acids is 3. The molecule has 60 heavy (non-hydrogen) atoms. The third-order valence-corrected chi connectivity index (χ3v) is 10.8. The van der Waals surface area contributed by atoms with Crippen LogP contribution in [0.5, 0.6) is 17.2 Å². The summed E-state index contributed by atoms with van der Waals surface area (Å²) >= 11 is 0. The van der Waals surface area contributed by atoms with Crippen molar-refractivity contribution in [2.75, 3.05) is 27.4 Å². The maximum Gasteiger partial charge on any atom is 0.407 e. The number of aryl methyl sites for hydroxylation is 2. The van der Waals surface area contributed by atoms with Gasteiger partial charge in [0.1, 0.15) is 29.9 Å². The van der Waals surface area contributed by atoms with Crippen LogP contribution in [0.25, 0.3) is 11.1 Å². The van der Waals surface area contributed by atoms with Gasteiger partial charge < -0.3 is 34.9 Å². The summed E-state index contributed by atoms with van der Waals surface area (Å²) in [7, 11) is 3.11. The predicted molar refractivity (Wildman–Crippen MR) is 231 cm³/mol. The SMILES string of the molecule is COc1ccc(C(NC(=O)[C@@H](C)NC(=O)OCC2c3ccccc3-c3ccccc32)c2ccc(OCC(=O)NC(c3ccc(C)cc3)c3ccc(C)cc3)cc2)c(OC)c1. The van der Waals surface area contributed by atoms with Crippen LogP contribution in [0.2, 0.25) is 0 Å². The van der Waals surface area contributed by atoms with Crippen molar-refractivity contribution in [1.82, 2.24) is 16.0 Å². The molecule has 6 aromatic carbocycles. The number of alkyl carbamates (subject to hydrolysis) is 1. The highest BCUT2D eigenvalue weighted by atomic mass is 16.5. The molecule has 10 heteroatoms. The van der Waals surface area contributed by atoms with Crippen molar-refractivity contribution < 1.29 is 33.3 Å². The maximum atomic E-state index is 13.8. The van der Waals surface area contributed by atoms with Gasteiger partial charge in [0, 0.05) is 17.5 Å². The number of methoxy groups -OCH3 is 2. The lowest BCUT2D eigenvalue weighted by molar-refractivity contribution is -0.124. The van der Waals surface area contributed by atoms with Crippen LogP contribution < -0.4 is 30.2 Å². The lowest BCUT2D eigenvalue weighted by atomic mass is 9.97. The van der Waals surface area contributed by atoms with E-state index in [4.69, 9.17) is 18.9 Å². The Bertz CT molecular complexity index is 2360. The number of carbonyl (C=O) groups is 3. The van der Waals surface area contributed by atoms with Crippen molar-refractivity contribution in [1.29, 1.82) is 0 Å². The second kappa shape index (κ2) is 18.7. The van der Waals surface area contributed by atoms with Gasteiger partial charge in [-0.15, -0.1) is 0 Å². The third-order valence-electron chi connectivity index (χ3n) is 10.8. The topological polar surface area (TPSA) is 124 Å². The number of hydrogen-bond donors (Lipinski definition) is 3. The van der Waals surface area contributed by atoms with Gasteiger partial charge in [0.25, 0.3) is 5.91 Å². The Hall–Kier alpha value is -7.07. The fraction of sp³-hybridized carbons (Fsp3) is 0.220. The van der Waals surface area contributed by atoms with Crippen LogP contribution in [0.15, 0.2) is 140 Å². The smallest absolute Gasteiger partial charge is 0.407 e. The zero-order valence-corrected chi connectivity index (χ0v) is 34.4. The van der Waals surface area contributed by atoms with Gasteiger partial charge in [0.2, 0.25) is 5.91 Å². The molecule has 1 aliphatic carbocycles. The molecule has 10 nitrogen and oxygen atoms in total. The van der Waals surface area contributed by atoms with Crippen LogP contribution in [-0.2, 0) is 14.3 Å². The molecule has 0 bridgehead atoms. The number of fused-ring (bicyclic) bond motifs is 3. The van der Waals surface area contributed by atoms with Gasteiger partial charge >= 0.3 is 6.09 Å². The minimum atomic E-state index is -0.947. The van der Waals surface area contributed by atoms with E-state index in [0.29, 0.717) is 28.4 Å². The van der Waals surface area contributed by atoms with Gasteiger partial charge in [0.15, 0.2) is 6.61 Å². The quantitative estimate of drug-likeness (QED) is 0.0949. The molecule has 0 radical (unpaired) electrons. The molecule has 7 rings (SSSR count). The number of ether oxygens (including phenoxy) is 4. The van der Waals surface area contributed by atoms with E-state index in [2.05, 4.69) is 40.2 Å². The zero-order valence-electron chi connectivity index (χ0n) is 34.4. The molecule has 6 aromatic rings. The summed E-state index contributed by atoms with van der Waals surface area (Å²) < 4.78 is 22.8. The Morgan fingerprint density at radius 2 is 1.13 bits per heavy atom. The first-order valence-corrected chi connectivity index (χ1v) is 19.9. The summed E-state index contributed by atoms with van der Waals surface area (Å²) in [5.74, 6) is 0.699. The van der Waals surface area contributed by atoms with Gasteiger partial charge in [-0.3, -0.25) is 9.59 Å². The lowest BCUT2D eigenvalue weighted by Gasteiger charge is -2.25. The van der Waals surface area contributed by atoms with Crippen LogP contribution in [-0.4, -0.2) is 51.4 Å². The van der Waals surface area contributed by atoms with E-state index in [0.717, 1.165) is 44.5 Å².